The number of halogens is 3. The van der Waals surface area contributed by atoms with Crippen LogP contribution in [0.4, 0.5) is 13.2 Å². The normalized spacial score (nSPS) is 11.5. The molecule has 162 valence electrons. The Hall–Kier alpha value is -3.94. The summed E-state index contributed by atoms with van der Waals surface area (Å²) in [7, 11) is 1.31. The smallest absolute Gasteiger partial charge is 0.417 e. The second-order valence-corrected chi connectivity index (χ2v) is 7.30. The molecule has 0 saturated carbocycles. The largest absolute Gasteiger partial charge is 0.497 e. The molecule has 4 aromatic rings. The molecule has 0 spiro atoms. The summed E-state index contributed by atoms with van der Waals surface area (Å²) in [6.45, 7) is 1.90. The molecule has 2 N–H and O–H groups in total. The van der Waals surface area contributed by atoms with Gasteiger partial charge in [0.05, 0.1) is 18.9 Å². The summed E-state index contributed by atoms with van der Waals surface area (Å²) in [6.07, 6.45) is -3.10. The third-order valence-corrected chi connectivity index (χ3v) is 5.28. The lowest BCUT2D eigenvalue weighted by Crippen LogP contribution is -2.10. The molecule has 0 aliphatic heterocycles. The first-order chi connectivity index (χ1) is 15.2. The summed E-state index contributed by atoms with van der Waals surface area (Å²) in [6, 6.07) is 14.2. The van der Waals surface area contributed by atoms with E-state index in [0.717, 1.165) is 22.8 Å². The third kappa shape index (κ3) is 3.87. The maximum Gasteiger partial charge on any atom is 0.417 e. The van der Waals surface area contributed by atoms with E-state index in [1.54, 1.807) is 36.4 Å². The number of aromatic nitrogens is 2. The molecule has 1 heterocycles. The van der Waals surface area contributed by atoms with Crippen LogP contribution in [0.3, 0.4) is 0 Å². The average molecular weight is 437 g/mol. The van der Waals surface area contributed by atoms with Gasteiger partial charge in [0.25, 0.3) is 0 Å². The van der Waals surface area contributed by atoms with Gasteiger partial charge in [0, 0.05) is 21.9 Å². The highest BCUT2D eigenvalue weighted by molar-refractivity contribution is 5.98. The number of methoxy groups -OCH3 is 1. The molecule has 0 saturated heterocycles. The lowest BCUT2D eigenvalue weighted by Gasteiger charge is -2.15. The Morgan fingerprint density at radius 2 is 1.78 bits per heavy atom. The third-order valence-electron chi connectivity index (χ3n) is 5.28. The standard InChI is InChI=1S/C24H18F3N3O2/c1-13-3-4-15(23(28)31)10-20(13)14-5-7-18-16(9-14)12-29-30-22(18)19-8-6-17(32-2)11-21(19)24(25,26)27/h3-12H,1-2H3,(H2,28,31). The summed E-state index contributed by atoms with van der Waals surface area (Å²) in [5.74, 6) is -0.444. The zero-order valence-corrected chi connectivity index (χ0v) is 17.2. The van der Waals surface area contributed by atoms with Gasteiger partial charge in [-0.25, -0.2) is 0 Å². The molecule has 0 bridgehead atoms. The molecule has 32 heavy (non-hydrogen) atoms. The highest BCUT2D eigenvalue weighted by Gasteiger charge is 2.35. The number of carbonyl (C=O) groups excluding carboxylic acids is 1. The van der Waals surface area contributed by atoms with Crippen LogP contribution in [-0.4, -0.2) is 23.2 Å². The summed E-state index contributed by atoms with van der Waals surface area (Å²) >= 11 is 0. The van der Waals surface area contributed by atoms with Crippen LogP contribution in [0.2, 0.25) is 0 Å². The fraction of sp³-hybridized carbons (Fsp3) is 0.125. The van der Waals surface area contributed by atoms with Crippen molar-refractivity contribution >= 4 is 16.7 Å². The van der Waals surface area contributed by atoms with E-state index in [9.17, 15) is 18.0 Å². The van der Waals surface area contributed by atoms with Gasteiger partial charge in [-0.15, -0.1) is 5.10 Å². The van der Waals surface area contributed by atoms with Gasteiger partial charge >= 0.3 is 6.18 Å². The van der Waals surface area contributed by atoms with Gasteiger partial charge in [-0.3, -0.25) is 4.79 Å². The Morgan fingerprint density at radius 3 is 2.47 bits per heavy atom. The van der Waals surface area contributed by atoms with Gasteiger partial charge in [-0.05, 0) is 60.0 Å². The van der Waals surface area contributed by atoms with Crippen molar-refractivity contribution in [3.63, 3.8) is 0 Å². The summed E-state index contributed by atoms with van der Waals surface area (Å²) in [5.41, 5.74) is 7.44. The Kier molecular flexibility index (Phi) is 5.30. The van der Waals surface area contributed by atoms with Crippen LogP contribution in [0.1, 0.15) is 21.5 Å². The van der Waals surface area contributed by atoms with Gasteiger partial charge in [0.2, 0.25) is 5.91 Å². The number of hydrogen-bond acceptors (Lipinski definition) is 4. The van der Waals surface area contributed by atoms with Crippen LogP contribution in [0.15, 0.2) is 60.8 Å². The number of fused-ring (bicyclic) bond motifs is 1. The van der Waals surface area contributed by atoms with Crippen LogP contribution in [-0.2, 0) is 6.18 Å². The van der Waals surface area contributed by atoms with Crippen molar-refractivity contribution in [1.29, 1.82) is 0 Å². The maximum atomic E-state index is 13.7. The Morgan fingerprint density at radius 1 is 1.00 bits per heavy atom. The number of benzene rings is 3. The first-order valence-corrected chi connectivity index (χ1v) is 9.61. The highest BCUT2D eigenvalue weighted by atomic mass is 19.4. The van der Waals surface area contributed by atoms with E-state index in [4.69, 9.17) is 10.5 Å². The number of rotatable bonds is 4. The molecule has 1 amide bonds. The lowest BCUT2D eigenvalue weighted by atomic mass is 9.94. The molecular formula is C24H18F3N3O2. The van der Waals surface area contributed by atoms with Gasteiger partial charge < -0.3 is 10.5 Å². The topological polar surface area (TPSA) is 78.1 Å². The number of nitrogens with two attached hydrogens (primary N) is 1. The second-order valence-electron chi connectivity index (χ2n) is 7.30. The number of aryl methyl sites for hydroxylation is 1. The monoisotopic (exact) mass is 437 g/mol. The minimum atomic E-state index is -4.60. The minimum absolute atomic E-state index is 0.0870. The lowest BCUT2D eigenvalue weighted by molar-refractivity contribution is -0.137. The number of alkyl halides is 3. The summed E-state index contributed by atoms with van der Waals surface area (Å²) in [4.78, 5) is 11.6. The van der Waals surface area contributed by atoms with Crippen molar-refractivity contribution < 1.29 is 22.7 Å². The number of amides is 1. The fourth-order valence-electron chi connectivity index (χ4n) is 3.63. The van der Waals surface area contributed by atoms with Crippen molar-refractivity contribution in [3.8, 4) is 28.1 Å². The SMILES string of the molecule is COc1ccc(-c2nncc3cc(-c4cc(C(N)=O)ccc4C)ccc23)c(C(F)(F)F)c1. The Balaban J connectivity index is 1.90. The van der Waals surface area contributed by atoms with Crippen molar-refractivity contribution in [3.05, 3.63) is 77.5 Å². The van der Waals surface area contributed by atoms with Crippen molar-refractivity contribution in [2.24, 2.45) is 5.73 Å². The number of primary amides is 1. The quantitative estimate of drug-likeness (QED) is 0.464. The number of ether oxygens (including phenoxy) is 1. The summed E-state index contributed by atoms with van der Waals surface area (Å²) < 4.78 is 46.2. The average Bonchev–Trinajstić information content (AvgIpc) is 2.77. The van der Waals surface area contributed by atoms with Crippen LogP contribution in [0.25, 0.3) is 33.2 Å². The Labute approximate surface area is 181 Å². The number of nitrogens with zero attached hydrogens (tertiary/aromatic N) is 2. The van der Waals surface area contributed by atoms with E-state index in [2.05, 4.69) is 10.2 Å². The van der Waals surface area contributed by atoms with E-state index in [0.29, 0.717) is 16.3 Å². The molecule has 1 aromatic heterocycles. The maximum absolute atomic E-state index is 13.7. The zero-order chi connectivity index (χ0) is 23.0. The van der Waals surface area contributed by atoms with Gasteiger partial charge in [-0.2, -0.15) is 18.3 Å². The second kappa shape index (κ2) is 7.96. The van der Waals surface area contributed by atoms with Gasteiger partial charge in [-0.1, -0.05) is 18.2 Å². The predicted octanol–water partition coefficient (Wildman–Crippen LogP) is 5.40. The van der Waals surface area contributed by atoms with Gasteiger partial charge in [0.1, 0.15) is 11.4 Å². The van der Waals surface area contributed by atoms with Crippen LogP contribution >= 0.6 is 0 Å². The molecule has 0 fully saturated rings. The van der Waals surface area contributed by atoms with E-state index in [1.807, 2.05) is 6.92 Å². The predicted molar refractivity (Wildman–Crippen MR) is 115 cm³/mol. The molecule has 0 atom stereocenters. The van der Waals surface area contributed by atoms with Crippen LogP contribution < -0.4 is 10.5 Å². The molecule has 8 heteroatoms. The van der Waals surface area contributed by atoms with Crippen molar-refractivity contribution in [2.45, 2.75) is 13.1 Å². The first kappa shape index (κ1) is 21.3. The Bertz CT molecular complexity index is 1350. The highest BCUT2D eigenvalue weighted by Crippen LogP contribution is 2.40. The molecule has 3 aromatic carbocycles. The van der Waals surface area contributed by atoms with E-state index >= 15 is 0 Å². The zero-order valence-electron chi connectivity index (χ0n) is 17.2. The van der Waals surface area contributed by atoms with Crippen LogP contribution in [0, 0.1) is 6.92 Å². The first-order valence-electron chi connectivity index (χ1n) is 9.61. The van der Waals surface area contributed by atoms with E-state index in [-0.39, 0.29) is 17.0 Å². The minimum Gasteiger partial charge on any atom is -0.497 e. The number of hydrogen-bond donors (Lipinski definition) is 1. The van der Waals surface area contributed by atoms with Crippen molar-refractivity contribution in [2.75, 3.05) is 7.11 Å². The molecular weight excluding hydrogens is 419 g/mol. The van der Waals surface area contributed by atoms with E-state index < -0.39 is 17.6 Å². The fourth-order valence-corrected chi connectivity index (χ4v) is 3.63. The van der Waals surface area contributed by atoms with Crippen molar-refractivity contribution in [1.82, 2.24) is 10.2 Å². The number of carbonyl (C=O) groups is 1. The molecule has 5 nitrogen and oxygen atoms in total. The molecule has 0 radical (unpaired) electrons. The molecule has 4 rings (SSSR count). The summed E-state index contributed by atoms with van der Waals surface area (Å²) in [5, 5.41) is 9.08. The van der Waals surface area contributed by atoms with Crippen LogP contribution in [0.5, 0.6) is 5.75 Å². The van der Waals surface area contributed by atoms with Gasteiger partial charge in [0.15, 0.2) is 0 Å². The molecule has 0 aliphatic rings. The van der Waals surface area contributed by atoms with E-state index in [1.165, 1.54) is 25.4 Å². The molecule has 0 aliphatic carbocycles. The molecule has 0 unspecified atom stereocenters.